The largest absolute Gasteiger partial charge is 0.497 e. The number of rotatable bonds is 5. The molecule has 0 spiro atoms. The smallest absolute Gasteiger partial charge is 0.127 e. The van der Waals surface area contributed by atoms with Crippen molar-refractivity contribution in [3.63, 3.8) is 0 Å². The van der Waals surface area contributed by atoms with Crippen LogP contribution in [0, 0.1) is 5.82 Å². The summed E-state index contributed by atoms with van der Waals surface area (Å²) in [5, 5.41) is 0. The second-order valence-corrected chi connectivity index (χ2v) is 4.61. The van der Waals surface area contributed by atoms with E-state index in [1.165, 1.54) is 12.1 Å². The number of hydrogen-bond donors (Lipinski definition) is 1. The van der Waals surface area contributed by atoms with Crippen molar-refractivity contribution in [3.05, 3.63) is 59.4 Å². The van der Waals surface area contributed by atoms with E-state index < -0.39 is 0 Å². The topological polar surface area (TPSA) is 44.5 Å². The molecule has 2 aromatic carbocycles. The van der Waals surface area contributed by atoms with Crippen molar-refractivity contribution in [2.45, 2.75) is 19.6 Å². The van der Waals surface area contributed by atoms with Crippen molar-refractivity contribution in [2.75, 3.05) is 7.11 Å². The summed E-state index contributed by atoms with van der Waals surface area (Å²) in [6.45, 7) is 2.20. The van der Waals surface area contributed by atoms with Gasteiger partial charge in [-0.05, 0) is 30.7 Å². The molecule has 2 rings (SSSR count). The monoisotopic (exact) mass is 275 g/mol. The highest BCUT2D eigenvalue weighted by molar-refractivity contribution is 5.36. The Hall–Kier alpha value is -2.07. The molecule has 0 unspecified atom stereocenters. The van der Waals surface area contributed by atoms with Crippen LogP contribution in [0.4, 0.5) is 4.39 Å². The van der Waals surface area contributed by atoms with Crippen molar-refractivity contribution < 1.29 is 13.9 Å². The lowest BCUT2D eigenvalue weighted by Gasteiger charge is -2.14. The van der Waals surface area contributed by atoms with Gasteiger partial charge in [-0.1, -0.05) is 18.2 Å². The van der Waals surface area contributed by atoms with Gasteiger partial charge < -0.3 is 15.2 Å². The molecule has 0 heterocycles. The zero-order chi connectivity index (χ0) is 14.5. The van der Waals surface area contributed by atoms with Crippen LogP contribution < -0.4 is 15.2 Å². The normalized spacial score (nSPS) is 12.0. The van der Waals surface area contributed by atoms with Crippen LogP contribution in [0.2, 0.25) is 0 Å². The Bertz CT molecular complexity index is 567. The number of nitrogens with two attached hydrogens (primary N) is 1. The van der Waals surface area contributed by atoms with E-state index in [2.05, 4.69) is 0 Å². The molecule has 0 bridgehead atoms. The Kier molecular flexibility index (Phi) is 4.58. The third-order valence-corrected chi connectivity index (χ3v) is 3.02. The summed E-state index contributed by atoms with van der Waals surface area (Å²) in [7, 11) is 1.62. The standard InChI is InChI=1S/C16H18FNO2/c1-11(18)15-8-5-13(17)9-16(15)20-10-12-3-6-14(19-2)7-4-12/h3-9,11H,10,18H2,1-2H3/t11-/m1/s1. The van der Waals surface area contributed by atoms with Crippen LogP contribution in [0.1, 0.15) is 24.1 Å². The minimum atomic E-state index is -0.334. The van der Waals surface area contributed by atoms with E-state index in [-0.39, 0.29) is 11.9 Å². The highest BCUT2D eigenvalue weighted by Crippen LogP contribution is 2.26. The van der Waals surface area contributed by atoms with Gasteiger partial charge in [0.05, 0.1) is 7.11 Å². The predicted octanol–water partition coefficient (Wildman–Crippen LogP) is 3.43. The highest BCUT2D eigenvalue weighted by atomic mass is 19.1. The number of hydrogen-bond acceptors (Lipinski definition) is 3. The zero-order valence-corrected chi connectivity index (χ0v) is 11.6. The van der Waals surface area contributed by atoms with Gasteiger partial charge in [-0.15, -0.1) is 0 Å². The zero-order valence-electron chi connectivity index (χ0n) is 11.6. The fourth-order valence-corrected chi connectivity index (χ4v) is 1.89. The molecule has 2 N–H and O–H groups in total. The van der Waals surface area contributed by atoms with Crippen molar-refractivity contribution in [2.24, 2.45) is 5.73 Å². The molecule has 0 fully saturated rings. The van der Waals surface area contributed by atoms with Crippen LogP contribution in [0.25, 0.3) is 0 Å². The Morgan fingerprint density at radius 3 is 2.45 bits per heavy atom. The van der Waals surface area contributed by atoms with Crippen molar-refractivity contribution in [3.8, 4) is 11.5 Å². The molecular weight excluding hydrogens is 257 g/mol. The molecule has 0 aromatic heterocycles. The second-order valence-electron chi connectivity index (χ2n) is 4.61. The van der Waals surface area contributed by atoms with Gasteiger partial charge in [0.25, 0.3) is 0 Å². The summed E-state index contributed by atoms with van der Waals surface area (Å²) in [6.07, 6.45) is 0. The van der Waals surface area contributed by atoms with Crippen LogP contribution >= 0.6 is 0 Å². The average Bonchev–Trinajstić information content (AvgIpc) is 2.45. The first-order valence-corrected chi connectivity index (χ1v) is 6.41. The van der Waals surface area contributed by atoms with Gasteiger partial charge in [0, 0.05) is 17.7 Å². The third-order valence-electron chi connectivity index (χ3n) is 3.02. The fourth-order valence-electron chi connectivity index (χ4n) is 1.89. The summed E-state index contributed by atoms with van der Waals surface area (Å²) in [5.41, 5.74) is 7.62. The molecule has 0 aliphatic carbocycles. The van der Waals surface area contributed by atoms with E-state index >= 15 is 0 Å². The first kappa shape index (κ1) is 14.3. The van der Waals surface area contributed by atoms with E-state index in [1.54, 1.807) is 13.2 Å². The van der Waals surface area contributed by atoms with Crippen LogP contribution in [0.5, 0.6) is 11.5 Å². The Morgan fingerprint density at radius 1 is 1.15 bits per heavy atom. The minimum Gasteiger partial charge on any atom is -0.497 e. The van der Waals surface area contributed by atoms with E-state index in [9.17, 15) is 4.39 Å². The molecular formula is C16H18FNO2. The summed E-state index contributed by atoms with van der Waals surface area (Å²) < 4.78 is 24.1. The summed E-state index contributed by atoms with van der Waals surface area (Å²) in [5.74, 6) is 0.936. The maximum absolute atomic E-state index is 13.3. The maximum atomic E-state index is 13.3. The number of ether oxygens (including phenoxy) is 2. The van der Waals surface area contributed by atoms with Gasteiger partial charge in [0.15, 0.2) is 0 Å². The highest BCUT2D eigenvalue weighted by Gasteiger charge is 2.09. The van der Waals surface area contributed by atoms with E-state index in [0.717, 1.165) is 16.9 Å². The average molecular weight is 275 g/mol. The lowest BCUT2D eigenvalue weighted by molar-refractivity contribution is 0.299. The molecule has 1 atom stereocenters. The molecule has 0 saturated carbocycles. The van der Waals surface area contributed by atoms with Crippen molar-refractivity contribution in [1.82, 2.24) is 0 Å². The minimum absolute atomic E-state index is 0.207. The van der Waals surface area contributed by atoms with Gasteiger partial charge in [0.1, 0.15) is 23.9 Å². The number of methoxy groups -OCH3 is 1. The van der Waals surface area contributed by atoms with Crippen molar-refractivity contribution >= 4 is 0 Å². The Labute approximate surface area is 118 Å². The third kappa shape index (κ3) is 3.48. The molecule has 2 aromatic rings. The molecule has 0 saturated heterocycles. The van der Waals surface area contributed by atoms with Gasteiger partial charge in [-0.3, -0.25) is 0 Å². The second kappa shape index (κ2) is 6.39. The number of halogens is 1. The van der Waals surface area contributed by atoms with Crippen LogP contribution in [-0.4, -0.2) is 7.11 Å². The summed E-state index contributed by atoms with van der Waals surface area (Å²) in [6, 6.07) is 11.7. The Balaban J connectivity index is 2.11. The summed E-state index contributed by atoms with van der Waals surface area (Å²) >= 11 is 0. The SMILES string of the molecule is COc1ccc(COc2cc(F)ccc2[C@@H](C)N)cc1. The summed E-state index contributed by atoms with van der Waals surface area (Å²) in [4.78, 5) is 0. The van der Waals surface area contributed by atoms with E-state index in [1.807, 2.05) is 31.2 Å². The van der Waals surface area contributed by atoms with Gasteiger partial charge in [-0.2, -0.15) is 0 Å². The predicted molar refractivity (Wildman–Crippen MR) is 76.3 cm³/mol. The Morgan fingerprint density at radius 2 is 1.85 bits per heavy atom. The first-order valence-electron chi connectivity index (χ1n) is 6.41. The lowest BCUT2D eigenvalue weighted by Crippen LogP contribution is -2.08. The van der Waals surface area contributed by atoms with Crippen LogP contribution in [-0.2, 0) is 6.61 Å². The molecule has 4 heteroatoms. The van der Waals surface area contributed by atoms with E-state index in [4.69, 9.17) is 15.2 Å². The number of benzene rings is 2. The quantitative estimate of drug-likeness (QED) is 0.909. The van der Waals surface area contributed by atoms with Gasteiger partial charge >= 0.3 is 0 Å². The first-order chi connectivity index (χ1) is 9.60. The molecule has 0 aliphatic heterocycles. The van der Waals surface area contributed by atoms with Gasteiger partial charge in [0.2, 0.25) is 0 Å². The molecule has 3 nitrogen and oxygen atoms in total. The maximum Gasteiger partial charge on any atom is 0.127 e. The van der Waals surface area contributed by atoms with Crippen LogP contribution in [0.15, 0.2) is 42.5 Å². The van der Waals surface area contributed by atoms with E-state index in [0.29, 0.717) is 12.4 Å². The lowest BCUT2D eigenvalue weighted by atomic mass is 10.1. The molecule has 106 valence electrons. The van der Waals surface area contributed by atoms with Gasteiger partial charge in [-0.25, -0.2) is 4.39 Å². The molecule has 20 heavy (non-hydrogen) atoms. The molecule has 0 aliphatic rings. The molecule has 0 radical (unpaired) electrons. The fraction of sp³-hybridized carbons (Fsp3) is 0.250. The molecule has 0 amide bonds. The van der Waals surface area contributed by atoms with Crippen LogP contribution in [0.3, 0.4) is 0 Å². The van der Waals surface area contributed by atoms with Crippen molar-refractivity contribution in [1.29, 1.82) is 0 Å².